The Morgan fingerprint density at radius 2 is 2.19 bits per heavy atom. The van der Waals surface area contributed by atoms with Crippen LogP contribution in [-0.2, 0) is 12.3 Å². The number of aryl methyl sites for hydroxylation is 1. The molecular weight excluding hydrogens is 282 g/mol. The lowest BCUT2D eigenvalue weighted by Gasteiger charge is -2.28. The summed E-state index contributed by atoms with van der Waals surface area (Å²) in [6, 6.07) is 4.94. The average molecular weight is 310 g/mol. The number of halogens is 1. The maximum atomic E-state index is 6.04. The number of aromatic nitrogens is 1. The monoisotopic (exact) mass is 309 g/mol. The van der Waals surface area contributed by atoms with E-state index in [0.29, 0.717) is 11.9 Å². The van der Waals surface area contributed by atoms with Crippen molar-refractivity contribution in [1.29, 1.82) is 0 Å². The van der Waals surface area contributed by atoms with Gasteiger partial charge in [0, 0.05) is 31.2 Å². The molecule has 0 spiro atoms. The summed E-state index contributed by atoms with van der Waals surface area (Å²) >= 11 is 6.04. The van der Waals surface area contributed by atoms with Gasteiger partial charge in [-0.15, -0.1) is 11.6 Å². The molecule has 118 valence electrons. The fourth-order valence-corrected chi connectivity index (χ4v) is 3.37. The normalized spacial score (nSPS) is 19.1. The highest BCUT2D eigenvalue weighted by Gasteiger charge is 2.24. The first-order valence-electron chi connectivity index (χ1n) is 8.18. The second-order valence-electron chi connectivity index (χ2n) is 6.01. The van der Waals surface area contributed by atoms with Gasteiger partial charge in [-0.3, -0.25) is 4.90 Å². The predicted molar refractivity (Wildman–Crippen MR) is 91.3 cm³/mol. The van der Waals surface area contributed by atoms with Crippen LogP contribution in [0.2, 0.25) is 0 Å². The Labute approximate surface area is 134 Å². The van der Waals surface area contributed by atoms with Crippen LogP contribution in [0.3, 0.4) is 0 Å². The smallest absolute Gasteiger partial charge is 0.128 e. The summed E-state index contributed by atoms with van der Waals surface area (Å²) < 4.78 is 0. The van der Waals surface area contributed by atoms with E-state index in [0.717, 1.165) is 37.4 Å². The van der Waals surface area contributed by atoms with E-state index >= 15 is 0 Å². The van der Waals surface area contributed by atoms with Crippen molar-refractivity contribution >= 4 is 17.4 Å². The molecule has 1 aliphatic heterocycles. The van der Waals surface area contributed by atoms with Gasteiger partial charge in [-0.25, -0.2) is 4.98 Å². The summed E-state index contributed by atoms with van der Waals surface area (Å²) in [6.45, 7) is 7.89. The molecule has 0 aliphatic carbocycles. The van der Waals surface area contributed by atoms with Crippen molar-refractivity contribution in [2.75, 3.05) is 31.6 Å². The van der Waals surface area contributed by atoms with Crippen LogP contribution in [0.15, 0.2) is 12.1 Å². The number of anilines is 1. The third kappa shape index (κ3) is 4.33. The SMILES string of the molecule is CCCc1cc(CCl)cc(N(C)CC2CCCN2CC)n1. The summed E-state index contributed by atoms with van der Waals surface area (Å²) in [6.07, 6.45) is 4.77. The molecule has 0 aromatic carbocycles. The zero-order valence-electron chi connectivity index (χ0n) is 13.6. The molecule has 0 radical (unpaired) electrons. The van der Waals surface area contributed by atoms with Gasteiger partial charge in [-0.1, -0.05) is 20.3 Å². The maximum absolute atomic E-state index is 6.04. The van der Waals surface area contributed by atoms with Gasteiger partial charge in [-0.05, 0) is 50.0 Å². The van der Waals surface area contributed by atoms with Crippen LogP contribution >= 0.6 is 11.6 Å². The number of hydrogen-bond acceptors (Lipinski definition) is 3. The summed E-state index contributed by atoms with van der Waals surface area (Å²) in [5.74, 6) is 1.63. The molecule has 1 unspecified atom stereocenters. The van der Waals surface area contributed by atoms with Gasteiger partial charge < -0.3 is 4.90 Å². The first-order valence-corrected chi connectivity index (χ1v) is 8.72. The van der Waals surface area contributed by atoms with Crippen LogP contribution in [0.25, 0.3) is 0 Å². The van der Waals surface area contributed by atoms with E-state index in [1.165, 1.54) is 24.9 Å². The van der Waals surface area contributed by atoms with E-state index in [9.17, 15) is 0 Å². The topological polar surface area (TPSA) is 19.4 Å². The van der Waals surface area contributed by atoms with Crippen LogP contribution in [0.1, 0.15) is 44.4 Å². The third-order valence-electron chi connectivity index (χ3n) is 4.37. The van der Waals surface area contributed by atoms with Gasteiger partial charge in [0.25, 0.3) is 0 Å². The molecule has 1 aromatic heterocycles. The molecule has 1 aromatic rings. The number of likely N-dealkylation sites (tertiary alicyclic amines) is 1. The van der Waals surface area contributed by atoms with Gasteiger partial charge in [-0.2, -0.15) is 0 Å². The maximum Gasteiger partial charge on any atom is 0.128 e. The van der Waals surface area contributed by atoms with E-state index in [1.54, 1.807) is 0 Å². The highest BCUT2D eigenvalue weighted by Crippen LogP contribution is 2.21. The van der Waals surface area contributed by atoms with Crippen molar-refractivity contribution in [3.8, 4) is 0 Å². The summed E-state index contributed by atoms with van der Waals surface area (Å²) in [7, 11) is 2.15. The molecule has 21 heavy (non-hydrogen) atoms. The Balaban J connectivity index is 2.10. The number of likely N-dealkylation sites (N-methyl/N-ethyl adjacent to an activating group) is 2. The Morgan fingerprint density at radius 1 is 1.38 bits per heavy atom. The largest absolute Gasteiger partial charge is 0.358 e. The number of nitrogens with zero attached hydrogens (tertiary/aromatic N) is 3. The lowest BCUT2D eigenvalue weighted by atomic mass is 10.1. The molecule has 3 nitrogen and oxygen atoms in total. The van der Waals surface area contributed by atoms with Crippen LogP contribution in [0, 0.1) is 0 Å². The molecule has 2 rings (SSSR count). The van der Waals surface area contributed by atoms with Crippen LogP contribution in [-0.4, -0.2) is 42.6 Å². The number of pyridine rings is 1. The minimum Gasteiger partial charge on any atom is -0.358 e. The van der Waals surface area contributed by atoms with Crippen molar-refractivity contribution in [2.45, 2.75) is 51.5 Å². The standard InChI is InChI=1S/C17H28ClN3/c1-4-7-15-10-14(12-18)11-17(19-15)20(3)13-16-8-6-9-21(16)5-2/h10-11,16H,4-9,12-13H2,1-3H3. The summed E-state index contributed by atoms with van der Waals surface area (Å²) in [4.78, 5) is 9.69. The van der Waals surface area contributed by atoms with Gasteiger partial charge in [0.1, 0.15) is 5.82 Å². The van der Waals surface area contributed by atoms with Crippen LogP contribution < -0.4 is 4.90 Å². The minimum absolute atomic E-state index is 0.560. The van der Waals surface area contributed by atoms with Crippen LogP contribution in [0.4, 0.5) is 5.82 Å². The number of alkyl halides is 1. The molecule has 4 heteroatoms. The Hall–Kier alpha value is -0.800. The first-order chi connectivity index (χ1) is 10.2. The van der Waals surface area contributed by atoms with E-state index in [1.807, 2.05) is 0 Å². The van der Waals surface area contributed by atoms with Crippen molar-refractivity contribution in [3.05, 3.63) is 23.4 Å². The van der Waals surface area contributed by atoms with Gasteiger partial charge in [0.15, 0.2) is 0 Å². The molecule has 1 atom stereocenters. The highest BCUT2D eigenvalue weighted by molar-refractivity contribution is 6.17. The molecule has 0 saturated carbocycles. The Kier molecular flexibility index (Phi) is 6.31. The predicted octanol–water partition coefficient (Wildman–Crippen LogP) is 3.69. The highest BCUT2D eigenvalue weighted by atomic mass is 35.5. The lowest BCUT2D eigenvalue weighted by molar-refractivity contribution is 0.270. The van der Waals surface area contributed by atoms with Crippen molar-refractivity contribution in [1.82, 2.24) is 9.88 Å². The average Bonchev–Trinajstić information content (AvgIpc) is 2.94. The molecule has 0 N–H and O–H groups in total. The molecule has 1 aliphatic rings. The Bertz CT molecular complexity index is 450. The molecule has 2 heterocycles. The summed E-state index contributed by atoms with van der Waals surface area (Å²) in [5, 5.41) is 0. The minimum atomic E-state index is 0.560. The zero-order valence-corrected chi connectivity index (χ0v) is 14.4. The number of rotatable bonds is 7. The lowest BCUT2D eigenvalue weighted by Crippen LogP contribution is -2.39. The van der Waals surface area contributed by atoms with E-state index < -0.39 is 0 Å². The van der Waals surface area contributed by atoms with Crippen LogP contribution in [0.5, 0.6) is 0 Å². The molecule has 1 fully saturated rings. The first kappa shape index (κ1) is 16.6. The second-order valence-corrected chi connectivity index (χ2v) is 6.28. The van der Waals surface area contributed by atoms with Crippen molar-refractivity contribution in [3.63, 3.8) is 0 Å². The zero-order chi connectivity index (χ0) is 15.2. The van der Waals surface area contributed by atoms with Gasteiger partial charge >= 0.3 is 0 Å². The molecule has 0 amide bonds. The fraction of sp³-hybridized carbons (Fsp3) is 0.706. The van der Waals surface area contributed by atoms with E-state index in [4.69, 9.17) is 16.6 Å². The second kappa shape index (κ2) is 8.00. The molecule has 1 saturated heterocycles. The quantitative estimate of drug-likeness (QED) is 0.716. The fourth-order valence-electron chi connectivity index (χ4n) is 3.22. The summed E-state index contributed by atoms with van der Waals surface area (Å²) in [5.41, 5.74) is 2.34. The Morgan fingerprint density at radius 3 is 2.86 bits per heavy atom. The van der Waals surface area contributed by atoms with E-state index in [-0.39, 0.29) is 0 Å². The number of hydrogen-bond donors (Lipinski definition) is 0. The molecule has 0 bridgehead atoms. The van der Waals surface area contributed by atoms with Crippen molar-refractivity contribution in [2.24, 2.45) is 0 Å². The molecular formula is C17H28ClN3. The third-order valence-corrected chi connectivity index (χ3v) is 4.67. The van der Waals surface area contributed by atoms with E-state index in [2.05, 4.69) is 42.8 Å². The van der Waals surface area contributed by atoms with Crippen molar-refractivity contribution < 1.29 is 0 Å². The van der Waals surface area contributed by atoms with Gasteiger partial charge in [0.2, 0.25) is 0 Å². The van der Waals surface area contributed by atoms with Gasteiger partial charge in [0.05, 0.1) is 0 Å².